The fraction of sp³-hybridized carbons (Fsp3) is 0.444. The van der Waals surface area contributed by atoms with Crippen LogP contribution in [0.3, 0.4) is 0 Å². The van der Waals surface area contributed by atoms with E-state index in [0.29, 0.717) is 18.2 Å². The van der Waals surface area contributed by atoms with E-state index in [0.717, 1.165) is 5.69 Å². The van der Waals surface area contributed by atoms with Gasteiger partial charge in [0.25, 0.3) is 0 Å². The van der Waals surface area contributed by atoms with E-state index in [4.69, 9.17) is 16.3 Å². The number of anilines is 1. The molecule has 0 aliphatic carbocycles. The molecule has 0 fully saturated rings. The molecule has 0 spiro atoms. The Bertz CT molecular complexity index is 283. The van der Waals surface area contributed by atoms with Gasteiger partial charge in [-0.3, -0.25) is 4.98 Å². The van der Waals surface area contributed by atoms with Crippen LogP contribution in [-0.2, 0) is 4.74 Å². The lowest BCUT2D eigenvalue weighted by Crippen LogP contribution is -2.24. The zero-order chi connectivity index (χ0) is 10.4. The summed E-state index contributed by atoms with van der Waals surface area (Å²) in [5.41, 5.74) is 0.761. The Morgan fingerprint density at radius 3 is 3.14 bits per heavy atom. The first-order valence-corrected chi connectivity index (χ1v) is 4.62. The summed E-state index contributed by atoms with van der Waals surface area (Å²) in [6.45, 7) is 0.702. The second-order valence-electron chi connectivity index (χ2n) is 2.85. The van der Waals surface area contributed by atoms with E-state index < -0.39 is 6.10 Å². The normalized spacial score (nSPS) is 12.5. The minimum absolute atomic E-state index is 0.301. The highest BCUT2D eigenvalue weighted by Crippen LogP contribution is 2.18. The third-order valence-corrected chi connectivity index (χ3v) is 1.96. The zero-order valence-corrected chi connectivity index (χ0v) is 8.66. The molecule has 1 rings (SSSR count). The molecule has 0 unspecified atom stereocenters. The Balaban J connectivity index is 2.41. The molecule has 0 aromatic carbocycles. The van der Waals surface area contributed by atoms with Gasteiger partial charge in [-0.15, -0.1) is 0 Å². The molecular weight excluding hydrogens is 204 g/mol. The average Bonchev–Trinajstić information content (AvgIpc) is 2.17. The van der Waals surface area contributed by atoms with E-state index in [1.807, 2.05) is 0 Å². The minimum atomic E-state index is -0.538. The maximum absolute atomic E-state index is 9.36. The molecule has 14 heavy (non-hydrogen) atoms. The Morgan fingerprint density at radius 1 is 1.71 bits per heavy atom. The third-order valence-electron chi connectivity index (χ3n) is 1.66. The lowest BCUT2D eigenvalue weighted by molar-refractivity contribution is 0.0727. The van der Waals surface area contributed by atoms with Crippen LogP contribution in [0.15, 0.2) is 18.5 Å². The van der Waals surface area contributed by atoms with Crippen molar-refractivity contribution in [3.05, 3.63) is 23.5 Å². The number of hydrogen-bond donors (Lipinski definition) is 2. The average molecular weight is 217 g/mol. The Labute approximate surface area is 87.9 Å². The van der Waals surface area contributed by atoms with Gasteiger partial charge in [-0.05, 0) is 6.07 Å². The smallest absolute Gasteiger partial charge is 0.0945 e. The first-order chi connectivity index (χ1) is 6.74. The number of ether oxygens (including phenoxy) is 1. The summed E-state index contributed by atoms with van der Waals surface area (Å²) < 4.78 is 4.79. The van der Waals surface area contributed by atoms with Crippen LogP contribution >= 0.6 is 11.6 Å². The Morgan fingerprint density at radius 2 is 2.50 bits per heavy atom. The topological polar surface area (TPSA) is 54.4 Å². The van der Waals surface area contributed by atoms with E-state index in [1.165, 1.54) is 0 Å². The summed E-state index contributed by atoms with van der Waals surface area (Å²) >= 11 is 5.85. The molecule has 0 aliphatic rings. The number of methoxy groups -OCH3 is 1. The monoisotopic (exact) mass is 216 g/mol. The first-order valence-electron chi connectivity index (χ1n) is 4.24. The molecule has 1 heterocycles. The predicted octanol–water partition coefficient (Wildman–Crippen LogP) is 1.15. The van der Waals surface area contributed by atoms with Crippen LogP contribution in [-0.4, -0.2) is 36.5 Å². The quantitative estimate of drug-likeness (QED) is 0.776. The second kappa shape index (κ2) is 5.80. The van der Waals surface area contributed by atoms with Crippen molar-refractivity contribution < 1.29 is 9.84 Å². The Hall–Kier alpha value is -0.840. The molecule has 5 heteroatoms. The van der Waals surface area contributed by atoms with Gasteiger partial charge in [0.2, 0.25) is 0 Å². The van der Waals surface area contributed by atoms with Crippen molar-refractivity contribution in [2.24, 2.45) is 0 Å². The molecule has 0 saturated carbocycles. The van der Waals surface area contributed by atoms with Crippen LogP contribution in [0.2, 0.25) is 5.02 Å². The molecule has 1 aromatic heterocycles. The molecule has 1 aromatic rings. The van der Waals surface area contributed by atoms with Crippen molar-refractivity contribution in [1.82, 2.24) is 4.98 Å². The largest absolute Gasteiger partial charge is 0.389 e. The lowest BCUT2D eigenvalue weighted by atomic mass is 10.3. The molecule has 0 saturated heterocycles. The standard InChI is InChI=1S/C9H13ClN2O2/c1-14-6-7(13)4-12-9-2-3-11-5-8(9)10/h2-3,5,7,13H,4,6H2,1H3,(H,11,12)/t7-/m0/s1. The summed E-state index contributed by atoms with van der Waals surface area (Å²) in [6, 6.07) is 1.75. The molecule has 4 nitrogen and oxygen atoms in total. The summed E-state index contributed by atoms with van der Waals surface area (Å²) in [4.78, 5) is 3.85. The van der Waals surface area contributed by atoms with Crippen LogP contribution in [0.25, 0.3) is 0 Å². The van der Waals surface area contributed by atoms with Gasteiger partial charge in [-0.2, -0.15) is 0 Å². The highest BCUT2D eigenvalue weighted by atomic mass is 35.5. The molecule has 1 atom stereocenters. The van der Waals surface area contributed by atoms with Crippen LogP contribution in [0, 0.1) is 0 Å². The minimum Gasteiger partial charge on any atom is -0.389 e. The van der Waals surface area contributed by atoms with E-state index in [1.54, 1.807) is 25.6 Å². The van der Waals surface area contributed by atoms with Crippen LogP contribution < -0.4 is 5.32 Å². The zero-order valence-electron chi connectivity index (χ0n) is 7.90. The number of nitrogens with zero attached hydrogens (tertiary/aromatic N) is 1. The third kappa shape index (κ3) is 3.49. The highest BCUT2D eigenvalue weighted by molar-refractivity contribution is 6.33. The Kier molecular flexibility index (Phi) is 4.65. The van der Waals surface area contributed by atoms with Gasteiger partial charge >= 0.3 is 0 Å². The van der Waals surface area contributed by atoms with E-state index >= 15 is 0 Å². The molecule has 0 amide bonds. The first kappa shape index (κ1) is 11.2. The lowest BCUT2D eigenvalue weighted by Gasteiger charge is -2.12. The van der Waals surface area contributed by atoms with Crippen LogP contribution in [0.1, 0.15) is 0 Å². The summed E-state index contributed by atoms with van der Waals surface area (Å²) in [5, 5.41) is 12.9. The van der Waals surface area contributed by atoms with Gasteiger partial charge in [0.15, 0.2) is 0 Å². The molecule has 0 radical (unpaired) electrons. The number of pyridine rings is 1. The molecule has 2 N–H and O–H groups in total. The molecule has 78 valence electrons. The molecular formula is C9H13ClN2O2. The van der Waals surface area contributed by atoms with Gasteiger partial charge in [-0.1, -0.05) is 11.6 Å². The fourth-order valence-corrected chi connectivity index (χ4v) is 1.18. The number of aromatic nitrogens is 1. The van der Waals surface area contributed by atoms with Crippen molar-refractivity contribution in [2.45, 2.75) is 6.10 Å². The summed E-state index contributed by atoms with van der Waals surface area (Å²) in [6.07, 6.45) is 2.65. The van der Waals surface area contributed by atoms with Crippen molar-refractivity contribution in [1.29, 1.82) is 0 Å². The van der Waals surface area contributed by atoms with E-state index in [2.05, 4.69) is 10.3 Å². The van der Waals surface area contributed by atoms with E-state index in [-0.39, 0.29) is 0 Å². The molecule has 0 bridgehead atoms. The number of aliphatic hydroxyl groups excluding tert-OH is 1. The molecule has 0 aliphatic heterocycles. The summed E-state index contributed by atoms with van der Waals surface area (Å²) in [7, 11) is 1.54. The van der Waals surface area contributed by atoms with Crippen molar-refractivity contribution >= 4 is 17.3 Å². The number of rotatable bonds is 5. The predicted molar refractivity (Wildman–Crippen MR) is 55.6 cm³/mol. The van der Waals surface area contributed by atoms with Gasteiger partial charge in [0.05, 0.1) is 23.4 Å². The van der Waals surface area contributed by atoms with Gasteiger partial charge in [0, 0.05) is 26.0 Å². The van der Waals surface area contributed by atoms with Crippen molar-refractivity contribution in [2.75, 3.05) is 25.6 Å². The van der Waals surface area contributed by atoms with Crippen LogP contribution in [0.4, 0.5) is 5.69 Å². The van der Waals surface area contributed by atoms with Gasteiger partial charge < -0.3 is 15.2 Å². The number of nitrogens with one attached hydrogen (secondary N) is 1. The van der Waals surface area contributed by atoms with E-state index in [9.17, 15) is 5.11 Å². The van der Waals surface area contributed by atoms with Crippen LogP contribution in [0.5, 0.6) is 0 Å². The highest BCUT2D eigenvalue weighted by Gasteiger charge is 2.04. The SMILES string of the molecule is COC[C@@H](O)CNc1ccncc1Cl. The second-order valence-corrected chi connectivity index (χ2v) is 3.25. The van der Waals surface area contributed by atoms with Crippen molar-refractivity contribution in [3.8, 4) is 0 Å². The fourth-order valence-electron chi connectivity index (χ4n) is 0.998. The number of aliphatic hydroxyl groups is 1. The summed E-state index contributed by atoms with van der Waals surface area (Å²) in [5.74, 6) is 0. The number of halogens is 1. The van der Waals surface area contributed by atoms with Gasteiger partial charge in [0.1, 0.15) is 0 Å². The number of hydrogen-bond acceptors (Lipinski definition) is 4. The van der Waals surface area contributed by atoms with Crippen molar-refractivity contribution in [3.63, 3.8) is 0 Å². The van der Waals surface area contributed by atoms with Gasteiger partial charge in [-0.25, -0.2) is 0 Å². The maximum Gasteiger partial charge on any atom is 0.0945 e. The maximum atomic E-state index is 9.36.